The molecular formula is C16H27NO6S. The topological polar surface area (TPSA) is 90.0 Å². The lowest BCUT2D eigenvalue weighted by molar-refractivity contribution is -0.171. The maximum Gasteiger partial charge on any atom is 0.344 e. The van der Waals surface area contributed by atoms with Gasteiger partial charge in [0.2, 0.25) is 0 Å². The average Bonchev–Trinajstić information content (AvgIpc) is 2.52. The molecule has 8 heteroatoms. The summed E-state index contributed by atoms with van der Waals surface area (Å²) in [5.74, 6) is -0.703. The first-order valence-corrected chi connectivity index (χ1v) is 10.4. The maximum atomic E-state index is 11.8. The summed E-state index contributed by atoms with van der Waals surface area (Å²) in [6.07, 6.45) is 5.11. The number of hydrogen-bond acceptors (Lipinski definition) is 7. The Labute approximate surface area is 143 Å². The molecule has 0 amide bonds. The Morgan fingerprint density at radius 2 is 1.67 bits per heavy atom. The number of sulfone groups is 1. The van der Waals surface area contributed by atoms with Gasteiger partial charge in [0.05, 0.1) is 17.9 Å². The van der Waals surface area contributed by atoms with Crippen LogP contribution in [0, 0.1) is 0 Å². The van der Waals surface area contributed by atoms with Gasteiger partial charge in [-0.15, -0.1) is 0 Å². The van der Waals surface area contributed by atoms with Crippen LogP contribution in [-0.4, -0.2) is 68.6 Å². The van der Waals surface area contributed by atoms with Crippen LogP contribution in [0.4, 0.5) is 0 Å². The Bertz CT molecular complexity index is 539. The van der Waals surface area contributed by atoms with E-state index in [4.69, 9.17) is 9.47 Å². The quantitative estimate of drug-likeness (QED) is 0.650. The Kier molecular flexibility index (Phi) is 6.62. The van der Waals surface area contributed by atoms with E-state index in [9.17, 15) is 18.0 Å². The van der Waals surface area contributed by atoms with Crippen LogP contribution >= 0.6 is 0 Å². The molecule has 2 rings (SSSR count). The Morgan fingerprint density at radius 3 is 2.29 bits per heavy atom. The third-order valence-corrected chi connectivity index (χ3v) is 6.30. The van der Waals surface area contributed by atoms with E-state index in [1.54, 1.807) is 0 Å². The van der Waals surface area contributed by atoms with Crippen LogP contribution in [0.2, 0.25) is 0 Å². The van der Waals surface area contributed by atoms with Crippen LogP contribution in [0.5, 0.6) is 0 Å². The third-order valence-electron chi connectivity index (χ3n) is 4.69. The van der Waals surface area contributed by atoms with Gasteiger partial charge in [-0.2, -0.15) is 0 Å². The van der Waals surface area contributed by atoms with Crippen molar-refractivity contribution >= 4 is 21.8 Å². The van der Waals surface area contributed by atoms with Crippen molar-refractivity contribution in [3.63, 3.8) is 0 Å². The minimum absolute atomic E-state index is 0.132. The molecule has 1 saturated heterocycles. The highest BCUT2D eigenvalue weighted by atomic mass is 32.2. The van der Waals surface area contributed by atoms with Gasteiger partial charge in [-0.25, -0.2) is 13.2 Å². The first-order valence-electron chi connectivity index (χ1n) is 8.58. The lowest BCUT2D eigenvalue weighted by Crippen LogP contribution is -2.41. The predicted octanol–water partition coefficient (Wildman–Crippen LogP) is 0.916. The van der Waals surface area contributed by atoms with E-state index in [0.717, 1.165) is 25.7 Å². The molecule has 0 aromatic heterocycles. The van der Waals surface area contributed by atoms with Gasteiger partial charge < -0.3 is 14.4 Å². The third kappa shape index (κ3) is 6.39. The van der Waals surface area contributed by atoms with Crippen molar-refractivity contribution in [2.75, 3.05) is 37.7 Å². The summed E-state index contributed by atoms with van der Waals surface area (Å²) in [7, 11) is -2.91. The van der Waals surface area contributed by atoms with Crippen LogP contribution in [0.3, 0.4) is 0 Å². The maximum absolute atomic E-state index is 11.8. The average molecular weight is 361 g/mol. The molecule has 0 aromatic rings. The molecule has 0 unspecified atom stereocenters. The van der Waals surface area contributed by atoms with Crippen LogP contribution in [0.15, 0.2) is 0 Å². The molecule has 138 valence electrons. The van der Waals surface area contributed by atoms with Crippen molar-refractivity contribution < 1.29 is 27.5 Å². The van der Waals surface area contributed by atoms with E-state index in [1.165, 1.54) is 6.42 Å². The number of carbonyl (C=O) groups is 2. The van der Waals surface area contributed by atoms with Crippen LogP contribution in [0.1, 0.15) is 45.4 Å². The molecule has 0 atom stereocenters. The molecule has 1 aliphatic carbocycles. The summed E-state index contributed by atoms with van der Waals surface area (Å²) in [6, 6.07) is 0. The summed E-state index contributed by atoms with van der Waals surface area (Å²) in [5.41, 5.74) is -0.430. The number of nitrogens with zero attached hydrogens (tertiary/aromatic N) is 1. The van der Waals surface area contributed by atoms with Crippen molar-refractivity contribution in [1.82, 2.24) is 4.90 Å². The number of carbonyl (C=O) groups excluding carboxylic acids is 2. The fourth-order valence-electron chi connectivity index (χ4n) is 3.14. The molecule has 1 saturated carbocycles. The minimum Gasteiger partial charge on any atom is -0.457 e. The monoisotopic (exact) mass is 361 g/mol. The van der Waals surface area contributed by atoms with E-state index in [1.807, 2.05) is 11.8 Å². The molecule has 2 fully saturated rings. The Morgan fingerprint density at radius 1 is 1.04 bits per heavy atom. The fraction of sp³-hybridized carbons (Fsp3) is 0.875. The SMILES string of the molecule is CC1(OC(=O)COC(=O)CCN2CCS(=O)(=O)CC2)CCCCC1. The van der Waals surface area contributed by atoms with Crippen molar-refractivity contribution in [1.29, 1.82) is 0 Å². The molecule has 1 aliphatic heterocycles. The second-order valence-corrected chi connectivity index (χ2v) is 9.19. The second kappa shape index (κ2) is 8.29. The van der Waals surface area contributed by atoms with Gasteiger partial charge in [0, 0.05) is 19.6 Å². The molecule has 0 radical (unpaired) electrons. The minimum atomic E-state index is -2.91. The van der Waals surface area contributed by atoms with Crippen LogP contribution in [-0.2, 0) is 28.9 Å². The summed E-state index contributed by atoms with van der Waals surface area (Å²) in [5, 5.41) is 0. The van der Waals surface area contributed by atoms with Crippen molar-refractivity contribution in [2.24, 2.45) is 0 Å². The lowest BCUT2D eigenvalue weighted by atomic mass is 9.86. The van der Waals surface area contributed by atoms with E-state index in [2.05, 4.69) is 0 Å². The molecule has 0 aromatic carbocycles. The summed E-state index contributed by atoms with van der Waals surface area (Å²) in [4.78, 5) is 25.5. The van der Waals surface area contributed by atoms with Crippen LogP contribution in [0.25, 0.3) is 0 Å². The predicted molar refractivity (Wildman–Crippen MR) is 88.3 cm³/mol. The van der Waals surface area contributed by atoms with Gasteiger partial charge in [0.25, 0.3) is 0 Å². The normalized spacial score (nSPS) is 23.4. The molecule has 0 bridgehead atoms. The van der Waals surface area contributed by atoms with Gasteiger partial charge in [-0.3, -0.25) is 4.79 Å². The van der Waals surface area contributed by atoms with Gasteiger partial charge in [0.15, 0.2) is 16.4 Å². The van der Waals surface area contributed by atoms with E-state index < -0.39 is 27.4 Å². The number of esters is 2. The molecule has 2 aliphatic rings. The van der Waals surface area contributed by atoms with Gasteiger partial charge in [0.1, 0.15) is 5.60 Å². The standard InChI is InChI=1S/C16H27NO6S/c1-16(6-3-2-4-7-16)23-15(19)13-22-14(18)5-8-17-9-11-24(20,21)12-10-17/h2-13H2,1H3. The number of ether oxygens (including phenoxy) is 2. The second-order valence-electron chi connectivity index (χ2n) is 6.89. The fourth-order valence-corrected chi connectivity index (χ4v) is 4.42. The summed E-state index contributed by atoms with van der Waals surface area (Å²) < 4.78 is 33.1. The molecule has 0 N–H and O–H groups in total. The molecule has 7 nitrogen and oxygen atoms in total. The largest absolute Gasteiger partial charge is 0.457 e. The van der Waals surface area contributed by atoms with Crippen molar-refractivity contribution in [2.45, 2.75) is 51.0 Å². The zero-order valence-corrected chi connectivity index (χ0v) is 15.1. The van der Waals surface area contributed by atoms with Gasteiger partial charge >= 0.3 is 11.9 Å². The van der Waals surface area contributed by atoms with Crippen molar-refractivity contribution in [3.05, 3.63) is 0 Å². The van der Waals surface area contributed by atoms with E-state index >= 15 is 0 Å². The highest BCUT2D eigenvalue weighted by molar-refractivity contribution is 7.91. The van der Waals surface area contributed by atoms with Gasteiger partial charge in [-0.05, 0) is 32.6 Å². The van der Waals surface area contributed by atoms with Gasteiger partial charge in [-0.1, -0.05) is 6.42 Å². The zero-order chi connectivity index (χ0) is 17.6. The zero-order valence-electron chi connectivity index (χ0n) is 14.3. The highest BCUT2D eigenvalue weighted by Crippen LogP contribution is 2.31. The number of hydrogen-bond donors (Lipinski definition) is 0. The highest BCUT2D eigenvalue weighted by Gasteiger charge is 2.31. The number of rotatable bonds is 6. The molecule has 24 heavy (non-hydrogen) atoms. The Hall–Kier alpha value is -1.15. The van der Waals surface area contributed by atoms with E-state index in [0.29, 0.717) is 19.6 Å². The van der Waals surface area contributed by atoms with Crippen LogP contribution < -0.4 is 0 Å². The summed E-state index contributed by atoms with van der Waals surface area (Å²) in [6.45, 7) is 2.90. The first-order chi connectivity index (χ1) is 11.3. The summed E-state index contributed by atoms with van der Waals surface area (Å²) >= 11 is 0. The van der Waals surface area contributed by atoms with E-state index in [-0.39, 0.29) is 24.5 Å². The first kappa shape index (κ1) is 19.2. The molecular weight excluding hydrogens is 334 g/mol. The Balaban J connectivity index is 1.61. The molecule has 1 heterocycles. The smallest absolute Gasteiger partial charge is 0.344 e. The lowest BCUT2D eigenvalue weighted by Gasteiger charge is -2.33. The van der Waals surface area contributed by atoms with Crippen molar-refractivity contribution in [3.8, 4) is 0 Å². The molecule has 0 spiro atoms.